The molecule has 0 aromatic carbocycles. The molecule has 0 aliphatic heterocycles. The number of carbonyl (C=O) groups is 4. The van der Waals surface area contributed by atoms with Crippen molar-refractivity contribution < 1.29 is 29.4 Å². The zero-order chi connectivity index (χ0) is 17.4. The molecule has 0 aliphatic rings. The Balaban J connectivity index is 4.72. The third-order valence-corrected chi connectivity index (χ3v) is 2.83. The Morgan fingerprint density at radius 1 is 0.727 bits per heavy atom. The van der Waals surface area contributed by atoms with Gasteiger partial charge in [-0.25, -0.2) is 9.59 Å². The quantitative estimate of drug-likeness (QED) is 0.473. The van der Waals surface area contributed by atoms with Crippen molar-refractivity contribution in [1.29, 1.82) is 0 Å². The summed E-state index contributed by atoms with van der Waals surface area (Å²) >= 11 is 0. The van der Waals surface area contributed by atoms with E-state index in [1.807, 2.05) is 0 Å². The fourth-order valence-electron chi connectivity index (χ4n) is 1.83. The van der Waals surface area contributed by atoms with Gasteiger partial charge in [0.2, 0.25) is 0 Å². The van der Waals surface area contributed by atoms with Crippen LogP contribution in [0, 0.1) is 11.8 Å². The fraction of sp³-hybridized carbons (Fsp3) is 0.714. The van der Waals surface area contributed by atoms with Crippen LogP contribution < -0.4 is 10.6 Å². The minimum absolute atomic E-state index is 0.0113. The first-order valence-electron chi connectivity index (χ1n) is 7.11. The molecule has 0 spiro atoms. The van der Waals surface area contributed by atoms with Crippen LogP contribution in [0.15, 0.2) is 0 Å². The maximum atomic E-state index is 11.7. The van der Waals surface area contributed by atoms with E-state index < -0.39 is 35.8 Å². The molecule has 0 saturated carbocycles. The van der Waals surface area contributed by atoms with Crippen LogP contribution in [0.2, 0.25) is 0 Å². The maximum Gasteiger partial charge on any atom is 0.326 e. The van der Waals surface area contributed by atoms with E-state index in [1.54, 1.807) is 27.7 Å². The van der Waals surface area contributed by atoms with Crippen LogP contribution in [0.5, 0.6) is 0 Å². The van der Waals surface area contributed by atoms with Gasteiger partial charge in [0, 0.05) is 0 Å². The standard InChI is InChI=1S/C14H24N2O6/c1-7(2)5-9(13(19)20)15-11(17)12(18)16-10(14(21)22)6-8(3)4/h7-10H,5-6H2,1-4H3,(H,15,17)(H,16,18)(H,19,20)(H,21,22). The molecule has 0 aromatic heterocycles. The van der Waals surface area contributed by atoms with Crippen molar-refractivity contribution in [2.45, 2.75) is 52.6 Å². The highest BCUT2D eigenvalue weighted by atomic mass is 16.4. The summed E-state index contributed by atoms with van der Waals surface area (Å²) in [6.45, 7) is 7.13. The van der Waals surface area contributed by atoms with Crippen molar-refractivity contribution in [1.82, 2.24) is 10.6 Å². The van der Waals surface area contributed by atoms with Crippen LogP contribution >= 0.6 is 0 Å². The summed E-state index contributed by atoms with van der Waals surface area (Å²) in [6.07, 6.45) is 0.339. The molecule has 8 nitrogen and oxygen atoms in total. The molecule has 0 heterocycles. The van der Waals surface area contributed by atoms with E-state index in [4.69, 9.17) is 10.2 Å². The molecule has 0 saturated heterocycles. The minimum atomic E-state index is -1.24. The Morgan fingerprint density at radius 2 is 1.00 bits per heavy atom. The third-order valence-electron chi connectivity index (χ3n) is 2.83. The van der Waals surface area contributed by atoms with Gasteiger partial charge < -0.3 is 20.8 Å². The second kappa shape index (κ2) is 9.01. The molecule has 0 bridgehead atoms. The van der Waals surface area contributed by atoms with Crippen LogP contribution in [0.4, 0.5) is 0 Å². The average Bonchev–Trinajstić information content (AvgIpc) is 2.35. The van der Waals surface area contributed by atoms with Gasteiger partial charge in [-0.15, -0.1) is 0 Å². The van der Waals surface area contributed by atoms with Gasteiger partial charge in [-0.1, -0.05) is 27.7 Å². The highest BCUT2D eigenvalue weighted by molar-refractivity contribution is 6.35. The summed E-state index contributed by atoms with van der Waals surface area (Å²) in [4.78, 5) is 45.5. The molecular weight excluding hydrogens is 292 g/mol. The zero-order valence-corrected chi connectivity index (χ0v) is 13.3. The second-order valence-electron chi connectivity index (χ2n) is 5.99. The number of carboxylic acids is 2. The topological polar surface area (TPSA) is 133 Å². The lowest BCUT2D eigenvalue weighted by Crippen LogP contribution is -2.52. The molecule has 0 radical (unpaired) electrons. The second-order valence-corrected chi connectivity index (χ2v) is 5.99. The predicted molar refractivity (Wildman–Crippen MR) is 78.0 cm³/mol. The monoisotopic (exact) mass is 316 g/mol. The molecule has 8 heteroatoms. The molecule has 2 amide bonds. The Kier molecular flexibility index (Phi) is 8.14. The van der Waals surface area contributed by atoms with Crippen molar-refractivity contribution in [2.24, 2.45) is 11.8 Å². The van der Waals surface area contributed by atoms with Crippen molar-refractivity contribution in [3.63, 3.8) is 0 Å². The summed E-state index contributed by atoms with van der Waals surface area (Å²) in [5.41, 5.74) is 0. The van der Waals surface area contributed by atoms with Crippen molar-refractivity contribution in [2.75, 3.05) is 0 Å². The summed E-state index contributed by atoms with van der Waals surface area (Å²) in [6, 6.07) is -2.38. The van der Waals surface area contributed by atoms with Crippen LogP contribution in [0.25, 0.3) is 0 Å². The molecule has 126 valence electrons. The lowest BCUT2D eigenvalue weighted by atomic mass is 10.0. The Bertz CT molecular complexity index is 393. The molecule has 0 aliphatic carbocycles. The number of aliphatic carboxylic acids is 2. The van der Waals surface area contributed by atoms with Gasteiger partial charge in [0.15, 0.2) is 0 Å². The Hall–Kier alpha value is -2.12. The highest BCUT2D eigenvalue weighted by Crippen LogP contribution is 2.06. The minimum Gasteiger partial charge on any atom is -0.480 e. The SMILES string of the molecule is CC(C)CC(NC(=O)C(=O)NC(CC(C)C)C(=O)O)C(=O)O. The van der Waals surface area contributed by atoms with Crippen molar-refractivity contribution in [3.05, 3.63) is 0 Å². The number of rotatable bonds is 8. The van der Waals surface area contributed by atoms with E-state index in [2.05, 4.69) is 10.6 Å². The lowest BCUT2D eigenvalue weighted by Gasteiger charge is -2.18. The molecule has 2 unspecified atom stereocenters. The first-order chi connectivity index (χ1) is 10.0. The summed E-state index contributed by atoms with van der Waals surface area (Å²) in [5, 5.41) is 22.2. The van der Waals surface area contributed by atoms with E-state index in [-0.39, 0.29) is 24.7 Å². The number of carboxylic acid groups (broad SMARTS) is 2. The molecular formula is C14H24N2O6. The van der Waals surface area contributed by atoms with E-state index in [1.165, 1.54) is 0 Å². The van der Waals surface area contributed by atoms with E-state index >= 15 is 0 Å². The van der Waals surface area contributed by atoms with Gasteiger partial charge in [0.05, 0.1) is 0 Å². The maximum absolute atomic E-state index is 11.7. The number of hydrogen-bond donors (Lipinski definition) is 4. The van der Waals surface area contributed by atoms with Gasteiger partial charge in [-0.05, 0) is 24.7 Å². The number of nitrogens with one attached hydrogen (secondary N) is 2. The normalized spacial score (nSPS) is 13.5. The van der Waals surface area contributed by atoms with Gasteiger partial charge in [-0.2, -0.15) is 0 Å². The highest BCUT2D eigenvalue weighted by Gasteiger charge is 2.28. The predicted octanol–water partition coefficient (Wildman–Crippen LogP) is 0.217. The molecule has 0 aromatic rings. The van der Waals surface area contributed by atoms with Crippen LogP contribution in [-0.2, 0) is 19.2 Å². The average molecular weight is 316 g/mol. The van der Waals surface area contributed by atoms with Gasteiger partial charge in [-0.3, -0.25) is 9.59 Å². The molecule has 4 N–H and O–H groups in total. The third kappa shape index (κ3) is 7.61. The summed E-state index contributed by atoms with van der Waals surface area (Å²) in [5.74, 6) is -4.76. The van der Waals surface area contributed by atoms with E-state index in [0.29, 0.717) is 0 Å². The molecule has 0 fully saturated rings. The van der Waals surface area contributed by atoms with Crippen LogP contribution in [0.3, 0.4) is 0 Å². The fourth-order valence-corrected chi connectivity index (χ4v) is 1.83. The molecule has 0 rings (SSSR count). The van der Waals surface area contributed by atoms with Gasteiger partial charge in [0.1, 0.15) is 12.1 Å². The lowest BCUT2D eigenvalue weighted by molar-refractivity contribution is -0.147. The van der Waals surface area contributed by atoms with E-state index in [9.17, 15) is 19.2 Å². The van der Waals surface area contributed by atoms with Crippen LogP contribution in [-0.4, -0.2) is 46.0 Å². The first-order valence-corrected chi connectivity index (χ1v) is 7.11. The Labute approximate surface area is 129 Å². The summed E-state index contributed by atoms with van der Waals surface area (Å²) in [7, 11) is 0. The van der Waals surface area contributed by atoms with Crippen LogP contribution in [0.1, 0.15) is 40.5 Å². The summed E-state index contributed by atoms with van der Waals surface area (Å²) < 4.78 is 0. The first kappa shape index (κ1) is 19.9. The van der Waals surface area contributed by atoms with E-state index in [0.717, 1.165) is 0 Å². The number of hydrogen-bond acceptors (Lipinski definition) is 4. The van der Waals surface area contributed by atoms with Gasteiger partial charge in [0.25, 0.3) is 0 Å². The molecule has 22 heavy (non-hydrogen) atoms. The smallest absolute Gasteiger partial charge is 0.326 e. The van der Waals surface area contributed by atoms with Crippen molar-refractivity contribution in [3.8, 4) is 0 Å². The van der Waals surface area contributed by atoms with Crippen molar-refractivity contribution >= 4 is 23.8 Å². The van der Waals surface area contributed by atoms with Gasteiger partial charge >= 0.3 is 23.8 Å². The largest absolute Gasteiger partial charge is 0.480 e. The number of amides is 2. The zero-order valence-electron chi connectivity index (χ0n) is 13.3. The Morgan fingerprint density at radius 3 is 1.18 bits per heavy atom. The number of carbonyl (C=O) groups excluding carboxylic acids is 2. The molecule has 2 atom stereocenters.